The van der Waals surface area contributed by atoms with E-state index in [1.54, 1.807) is 11.3 Å². The first kappa shape index (κ1) is 13.2. The number of esters is 1. The van der Waals surface area contributed by atoms with E-state index in [1.165, 1.54) is 9.75 Å². The highest BCUT2D eigenvalue weighted by Gasteiger charge is 2.12. The SMILES string of the molecule is CCOC(=O)C(C)CNCc1ccc(C)s1. The van der Waals surface area contributed by atoms with Crippen LogP contribution in [0.5, 0.6) is 0 Å². The van der Waals surface area contributed by atoms with Gasteiger partial charge in [-0.3, -0.25) is 4.79 Å². The molecule has 0 aliphatic carbocycles. The molecule has 0 spiro atoms. The molecule has 16 heavy (non-hydrogen) atoms. The monoisotopic (exact) mass is 241 g/mol. The Morgan fingerprint density at radius 3 is 2.88 bits per heavy atom. The minimum atomic E-state index is -0.127. The summed E-state index contributed by atoms with van der Waals surface area (Å²) in [6.45, 7) is 7.73. The summed E-state index contributed by atoms with van der Waals surface area (Å²) < 4.78 is 4.93. The van der Waals surface area contributed by atoms with Crippen molar-refractivity contribution in [2.24, 2.45) is 5.92 Å². The van der Waals surface area contributed by atoms with Crippen molar-refractivity contribution in [2.45, 2.75) is 27.3 Å². The Hall–Kier alpha value is -0.870. The van der Waals surface area contributed by atoms with Crippen LogP contribution in [0.2, 0.25) is 0 Å². The Kier molecular flexibility index (Phi) is 5.49. The van der Waals surface area contributed by atoms with Gasteiger partial charge in [0.05, 0.1) is 12.5 Å². The Bertz CT molecular complexity index is 336. The normalized spacial score (nSPS) is 12.4. The van der Waals surface area contributed by atoms with Crippen molar-refractivity contribution in [3.05, 3.63) is 21.9 Å². The highest BCUT2D eigenvalue weighted by Crippen LogP contribution is 2.14. The van der Waals surface area contributed by atoms with Gasteiger partial charge in [-0.2, -0.15) is 0 Å². The van der Waals surface area contributed by atoms with Crippen molar-refractivity contribution in [2.75, 3.05) is 13.2 Å². The number of thiophene rings is 1. The maximum Gasteiger partial charge on any atom is 0.309 e. The number of hydrogen-bond donors (Lipinski definition) is 1. The van der Waals surface area contributed by atoms with Gasteiger partial charge in [0.1, 0.15) is 0 Å². The number of carbonyl (C=O) groups is 1. The number of hydrogen-bond acceptors (Lipinski definition) is 4. The van der Waals surface area contributed by atoms with Crippen molar-refractivity contribution in [1.29, 1.82) is 0 Å². The van der Waals surface area contributed by atoms with Crippen LogP contribution in [0.15, 0.2) is 12.1 Å². The topological polar surface area (TPSA) is 38.3 Å². The van der Waals surface area contributed by atoms with Crippen molar-refractivity contribution < 1.29 is 9.53 Å². The molecule has 0 aliphatic heterocycles. The lowest BCUT2D eigenvalue weighted by Crippen LogP contribution is -2.27. The lowest BCUT2D eigenvalue weighted by molar-refractivity contribution is -0.147. The van der Waals surface area contributed by atoms with E-state index < -0.39 is 0 Å². The molecule has 1 unspecified atom stereocenters. The number of ether oxygens (including phenoxy) is 1. The molecule has 1 aromatic heterocycles. The highest BCUT2D eigenvalue weighted by atomic mass is 32.1. The quantitative estimate of drug-likeness (QED) is 0.777. The molecule has 1 rings (SSSR count). The van der Waals surface area contributed by atoms with E-state index in [4.69, 9.17) is 4.74 Å². The first-order valence-electron chi connectivity index (χ1n) is 5.56. The molecular formula is C12H19NO2S. The van der Waals surface area contributed by atoms with Crippen LogP contribution in [0, 0.1) is 12.8 Å². The minimum absolute atomic E-state index is 0.0824. The molecule has 0 aromatic carbocycles. The summed E-state index contributed by atoms with van der Waals surface area (Å²) in [6, 6.07) is 4.22. The predicted molar refractivity (Wildman–Crippen MR) is 66.6 cm³/mol. The fourth-order valence-corrected chi connectivity index (χ4v) is 2.22. The van der Waals surface area contributed by atoms with E-state index in [9.17, 15) is 4.79 Å². The third kappa shape index (κ3) is 4.33. The Labute approximate surface area is 101 Å². The fourth-order valence-electron chi connectivity index (χ4n) is 1.36. The van der Waals surface area contributed by atoms with Gasteiger partial charge in [-0.1, -0.05) is 6.92 Å². The molecule has 0 radical (unpaired) electrons. The molecule has 4 heteroatoms. The van der Waals surface area contributed by atoms with Crippen molar-refractivity contribution >= 4 is 17.3 Å². The van der Waals surface area contributed by atoms with Crippen molar-refractivity contribution in [1.82, 2.24) is 5.32 Å². The second kappa shape index (κ2) is 6.66. The van der Waals surface area contributed by atoms with Gasteiger partial charge in [0, 0.05) is 22.8 Å². The largest absolute Gasteiger partial charge is 0.466 e. The second-order valence-corrected chi connectivity index (χ2v) is 5.17. The first-order chi connectivity index (χ1) is 7.63. The van der Waals surface area contributed by atoms with Gasteiger partial charge in [0.25, 0.3) is 0 Å². The summed E-state index contributed by atoms with van der Waals surface area (Å²) in [6.07, 6.45) is 0. The minimum Gasteiger partial charge on any atom is -0.466 e. The smallest absolute Gasteiger partial charge is 0.309 e. The van der Waals surface area contributed by atoms with E-state index in [0.29, 0.717) is 13.2 Å². The second-order valence-electron chi connectivity index (χ2n) is 3.80. The number of aryl methyl sites for hydroxylation is 1. The summed E-state index contributed by atoms with van der Waals surface area (Å²) in [5.74, 6) is -0.210. The first-order valence-corrected chi connectivity index (χ1v) is 6.37. The zero-order chi connectivity index (χ0) is 12.0. The van der Waals surface area contributed by atoms with E-state index in [1.807, 2.05) is 13.8 Å². The molecular weight excluding hydrogens is 222 g/mol. The van der Waals surface area contributed by atoms with Crippen LogP contribution in [0.4, 0.5) is 0 Å². The number of rotatable bonds is 6. The lowest BCUT2D eigenvalue weighted by Gasteiger charge is -2.10. The van der Waals surface area contributed by atoms with Gasteiger partial charge < -0.3 is 10.1 Å². The summed E-state index contributed by atoms with van der Waals surface area (Å²) >= 11 is 1.78. The fraction of sp³-hybridized carbons (Fsp3) is 0.583. The summed E-state index contributed by atoms with van der Waals surface area (Å²) in [4.78, 5) is 13.9. The van der Waals surface area contributed by atoms with Crippen molar-refractivity contribution in [3.63, 3.8) is 0 Å². The van der Waals surface area contributed by atoms with E-state index in [-0.39, 0.29) is 11.9 Å². The van der Waals surface area contributed by atoms with Crippen LogP contribution in [0.25, 0.3) is 0 Å². The summed E-state index contributed by atoms with van der Waals surface area (Å²) in [5, 5.41) is 3.26. The highest BCUT2D eigenvalue weighted by molar-refractivity contribution is 7.11. The Morgan fingerprint density at radius 1 is 1.56 bits per heavy atom. The maximum atomic E-state index is 11.3. The van der Waals surface area contributed by atoms with Crippen molar-refractivity contribution in [3.8, 4) is 0 Å². The average molecular weight is 241 g/mol. The van der Waals surface area contributed by atoms with Gasteiger partial charge in [-0.15, -0.1) is 11.3 Å². The Morgan fingerprint density at radius 2 is 2.31 bits per heavy atom. The molecule has 1 N–H and O–H groups in total. The molecule has 3 nitrogen and oxygen atoms in total. The molecule has 90 valence electrons. The average Bonchev–Trinajstić information content (AvgIpc) is 2.64. The van der Waals surface area contributed by atoms with Crippen LogP contribution >= 0.6 is 11.3 Å². The lowest BCUT2D eigenvalue weighted by atomic mass is 10.2. The molecule has 0 saturated carbocycles. The maximum absolute atomic E-state index is 11.3. The van der Waals surface area contributed by atoms with E-state index in [0.717, 1.165) is 6.54 Å². The number of nitrogens with one attached hydrogen (secondary N) is 1. The third-order valence-corrected chi connectivity index (χ3v) is 3.24. The third-order valence-electron chi connectivity index (χ3n) is 2.23. The zero-order valence-corrected chi connectivity index (χ0v) is 10.9. The van der Waals surface area contributed by atoms with Gasteiger partial charge in [-0.25, -0.2) is 0 Å². The molecule has 0 fully saturated rings. The molecule has 1 atom stereocenters. The van der Waals surface area contributed by atoms with Crippen LogP contribution < -0.4 is 5.32 Å². The van der Waals surface area contributed by atoms with Gasteiger partial charge >= 0.3 is 5.97 Å². The summed E-state index contributed by atoms with van der Waals surface area (Å²) in [7, 11) is 0. The molecule has 1 aromatic rings. The van der Waals surface area contributed by atoms with Crippen LogP contribution in [-0.4, -0.2) is 19.1 Å². The zero-order valence-electron chi connectivity index (χ0n) is 10.1. The van der Waals surface area contributed by atoms with Gasteiger partial charge in [-0.05, 0) is 26.0 Å². The summed E-state index contributed by atoms with van der Waals surface area (Å²) in [5.41, 5.74) is 0. The number of carbonyl (C=O) groups excluding carboxylic acids is 1. The molecule has 0 bridgehead atoms. The molecule has 1 heterocycles. The van der Waals surface area contributed by atoms with E-state index >= 15 is 0 Å². The standard InChI is InChI=1S/C12H19NO2S/c1-4-15-12(14)9(2)7-13-8-11-6-5-10(3)16-11/h5-6,9,13H,4,7-8H2,1-3H3. The van der Waals surface area contributed by atoms with Gasteiger partial charge in [0.2, 0.25) is 0 Å². The van der Waals surface area contributed by atoms with Gasteiger partial charge in [0.15, 0.2) is 0 Å². The predicted octanol–water partition coefficient (Wildman–Crippen LogP) is 2.35. The molecule has 0 amide bonds. The molecule has 0 saturated heterocycles. The van der Waals surface area contributed by atoms with E-state index in [2.05, 4.69) is 24.4 Å². The van der Waals surface area contributed by atoms with Crippen LogP contribution in [0.1, 0.15) is 23.6 Å². The Balaban J connectivity index is 2.22. The van der Waals surface area contributed by atoms with Crippen LogP contribution in [0.3, 0.4) is 0 Å². The van der Waals surface area contributed by atoms with Crippen LogP contribution in [-0.2, 0) is 16.1 Å². The molecule has 0 aliphatic rings.